The van der Waals surface area contributed by atoms with Gasteiger partial charge in [-0.1, -0.05) is 54.2 Å². The van der Waals surface area contributed by atoms with Crippen LogP contribution in [0, 0.1) is 5.82 Å². The van der Waals surface area contributed by atoms with E-state index in [-0.39, 0.29) is 17.0 Å². The highest BCUT2D eigenvalue weighted by Crippen LogP contribution is 2.43. The summed E-state index contributed by atoms with van der Waals surface area (Å²) >= 11 is 1.54. The Morgan fingerprint density at radius 2 is 1.78 bits per heavy atom. The summed E-state index contributed by atoms with van der Waals surface area (Å²) in [4.78, 5) is 17.2. The Labute approximate surface area is 159 Å². The Balaban J connectivity index is 1.54. The molecule has 1 atom stereocenters. The maximum absolute atomic E-state index is 13.2. The van der Waals surface area contributed by atoms with Gasteiger partial charge < -0.3 is 0 Å². The number of rotatable bonds is 2. The summed E-state index contributed by atoms with van der Waals surface area (Å²) in [6.45, 7) is 0. The van der Waals surface area contributed by atoms with E-state index >= 15 is 0 Å². The van der Waals surface area contributed by atoms with E-state index in [0.29, 0.717) is 23.0 Å². The van der Waals surface area contributed by atoms with E-state index in [2.05, 4.69) is 34.3 Å². The van der Waals surface area contributed by atoms with Gasteiger partial charge in [-0.25, -0.2) is 9.37 Å². The van der Waals surface area contributed by atoms with Crippen LogP contribution in [0.3, 0.4) is 0 Å². The van der Waals surface area contributed by atoms with Crippen molar-refractivity contribution in [3.63, 3.8) is 0 Å². The van der Waals surface area contributed by atoms with Gasteiger partial charge in [-0.05, 0) is 40.6 Å². The van der Waals surface area contributed by atoms with E-state index in [0.717, 1.165) is 16.3 Å². The summed E-state index contributed by atoms with van der Waals surface area (Å²) in [5, 5.41) is 7.20. The van der Waals surface area contributed by atoms with Gasteiger partial charge >= 0.3 is 0 Å². The number of aromatic nitrogens is 3. The summed E-state index contributed by atoms with van der Waals surface area (Å²) in [5.74, 6) is 0.0381. The number of benzene rings is 3. The molecule has 0 fully saturated rings. The van der Waals surface area contributed by atoms with Crippen molar-refractivity contribution in [1.82, 2.24) is 14.8 Å². The first-order chi connectivity index (χ1) is 13.2. The van der Waals surface area contributed by atoms with Crippen molar-refractivity contribution in [1.29, 1.82) is 0 Å². The molecule has 0 bridgehead atoms. The lowest BCUT2D eigenvalue weighted by molar-refractivity contribution is 0.0868. The van der Waals surface area contributed by atoms with Crippen LogP contribution < -0.4 is 0 Å². The van der Waals surface area contributed by atoms with Gasteiger partial charge in [-0.15, -0.1) is 5.10 Å². The first-order valence-electron chi connectivity index (χ1n) is 8.59. The number of thioether (sulfide) groups is 1. The SMILES string of the molecule is O=C1C[C@H](c2cccc3ccccc23)Sc2nc(-c3ccc(F)cc3)nn21. The van der Waals surface area contributed by atoms with Crippen LogP contribution in [0.5, 0.6) is 0 Å². The molecule has 1 aliphatic rings. The zero-order valence-electron chi connectivity index (χ0n) is 14.2. The van der Waals surface area contributed by atoms with Crippen molar-refractivity contribution in [2.75, 3.05) is 0 Å². The standard InChI is InChI=1S/C21H14FN3OS/c22-15-10-8-14(9-11-15)20-23-21-25(24-20)19(26)12-18(27-21)17-7-3-5-13-4-1-2-6-16(13)17/h1-11,18H,12H2/t18-/m1/s1. The fourth-order valence-corrected chi connectivity index (χ4v) is 4.57. The van der Waals surface area contributed by atoms with Crippen molar-refractivity contribution in [2.24, 2.45) is 0 Å². The first kappa shape index (κ1) is 16.2. The number of hydrogen-bond acceptors (Lipinski definition) is 4. The second-order valence-electron chi connectivity index (χ2n) is 6.41. The zero-order chi connectivity index (χ0) is 18.4. The van der Waals surface area contributed by atoms with Gasteiger partial charge in [0.25, 0.3) is 5.91 Å². The molecule has 0 saturated heterocycles. The third kappa shape index (κ3) is 2.82. The monoisotopic (exact) mass is 375 g/mol. The maximum atomic E-state index is 13.2. The summed E-state index contributed by atoms with van der Waals surface area (Å²) in [6.07, 6.45) is 0.359. The molecule has 0 unspecified atom stereocenters. The van der Waals surface area contributed by atoms with E-state index in [1.54, 1.807) is 23.9 Å². The Morgan fingerprint density at radius 1 is 1.00 bits per heavy atom. The van der Waals surface area contributed by atoms with Crippen LogP contribution in [-0.4, -0.2) is 20.7 Å². The van der Waals surface area contributed by atoms with Crippen LogP contribution in [0.2, 0.25) is 0 Å². The smallest absolute Gasteiger partial charge is 0.250 e. The summed E-state index contributed by atoms with van der Waals surface area (Å²) in [5.41, 5.74) is 1.82. The van der Waals surface area contributed by atoms with Gasteiger partial charge in [0.1, 0.15) is 5.82 Å². The molecule has 0 amide bonds. The lowest BCUT2D eigenvalue weighted by Gasteiger charge is -2.21. The first-order valence-corrected chi connectivity index (χ1v) is 9.47. The molecule has 1 aromatic heterocycles. The van der Waals surface area contributed by atoms with Crippen LogP contribution in [0.1, 0.15) is 22.0 Å². The average Bonchev–Trinajstić information content (AvgIpc) is 3.13. The molecule has 1 aliphatic heterocycles. The topological polar surface area (TPSA) is 47.8 Å². The molecule has 27 heavy (non-hydrogen) atoms. The van der Waals surface area contributed by atoms with Gasteiger partial charge in [0.15, 0.2) is 11.0 Å². The van der Waals surface area contributed by atoms with Crippen molar-refractivity contribution >= 4 is 28.4 Å². The van der Waals surface area contributed by atoms with Gasteiger partial charge in [-0.3, -0.25) is 4.79 Å². The van der Waals surface area contributed by atoms with E-state index in [9.17, 15) is 9.18 Å². The number of carbonyl (C=O) groups excluding carboxylic acids is 1. The summed E-state index contributed by atoms with van der Waals surface area (Å²) in [6, 6.07) is 20.3. The largest absolute Gasteiger partial charge is 0.272 e. The third-order valence-electron chi connectivity index (χ3n) is 4.69. The van der Waals surface area contributed by atoms with Crippen LogP contribution in [0.4, 0.5) is 4.39 Å². The van der Waals surface area contributed by atoms with E-state index in [4.69, 9.17) is 0 Å². The Hall–Kier alpha value is -2.99. The molecule has 0 saturated carbocycles. The van der Waals surface area contributed by atoms with E-state index in [1.807, 2.05) is 18.2 Å². The zero-order valence-corrected chi connectivity index (χ0v) is 15.0. The summed E-state index contributed by atoms with van der Waals surface area (Å²) in [7, 11) is 0. The molecule has 6 heteroatoms. The fraction of sp³-hybridized carbons (Fsp3) is 0.0952. The van der Waals surface area contributed by atoms with Crippen molar-refractivity contribution in [3.8, 4) is 11.4 Å². The van der Waals surface area contributed by atoms with Gasteiger partial charge in [0.05, 0.1) is 0 Å². The number of nitrogens with zero attached hydrogens (tertiary/aromatic N) is 3. The lowest BCUT2D eigenvalue weighted by Crippen LogP contribution is -2.21. The summed E-state index contributed by atoms with van der Waals surface area (Å²) < 4.78 is 14.5. The molecule has 0 spiro atoms. The molecule has 4 aromatic rings. The number of hydrogen-bond donors (Lipinski definition) is 0. The predicted molar refractivity (Wildman–Crippen MR) is 103 cm³/mol. The Bertz CT molecular complexity index is 1160. The molecule has 5 rings (SSSR count). The van der Waals surface area contributed by atoms with Crippen molar-refractivity contribution < 1.29 is 9.18 Å². The highest BCUT2D eigenvalue weighted by atomic mass is 32.2. The van der Waals surface area contributed by atoms with Gasteiger partial charge in [-0.2, -0.15) is 4.68 Å². The highest BCUT2D eigenvalue weighted by molar-refractivity contribution is 7.99. The molecule has 0 N–H and O–H groups in total. The van der Waals surface area contributed by atoms with Crippen LogP contribution >= 0.6 is 11.8 Å². The maximum Gasteiger partial charge on any atom is 0.250 e. The minimum Gasteiger partial charge on any atom is -0.272 e. The molecule has 132 valence electrons. The highest BCUT2D eigenvalue weighted by Gasteiger charge is 2.30. The second kappa shape index (κ2) is 6.32. The molecule has 3 aromatic carbocycles. The molecule has 0 aliphatic carbocycles. The molecule has 0 radical (unpaired) electrons. The average molecular weight is 375 g/mol. The second-order valence-corrected chi connectivity index (χ2v) is 7.58. The van der Waals surface area contributed by atoms with Gasteiger partial charge in [0.2, 0.25) is 0 Å². The normalized spacial score (nSPS) is 16.5. The number of fused-ring (bicyclic) bond motifs is 2. The molecular formula is C21H14FN3OS. The quantitative estimate of drug-likeness (QED) is 0.488. The van der Waals surface area contributed by atoms with Crippen LogP contribution in [0.25, 0.3) is 22.2 Å². The van der Waals surface area contributed by atoms with Gasteiger partial charge in [0, 0.05) is 17.2 Å². The third-order valence-corrected chi connectivity index (χ3v) is 5.87. The van der Waals surface area contributed by atoms with Crippen LogP contribution in [0.15, 0.2) is 71.9 Å². The Morgan fingerprint density at radius 3 is 2.63 bits per heavy atom. The van der Waals surface area contributed by atoms with E-state index in [1.165, 1.54) is 16.8 Å². The molecule has 2 heterocycles. The molecular weight excluding hydrogens is 361 g/mol. The Kier molecular flexibility index (Phi) is 3.79. The fourth-order valence-electron chi connectivity index (χ4n) is 3.38. The van der Waals surface area contributed by atoms with Crippen LogP contribution in [-0.2, 0) is 0 Å². The number of halogens is 1. The van der Waals surface area contributed by atoms with Crippen molar-refractivity contribution in [2.45, 2.75) is 16.8 Å². The minimum absolute atomic E-state index is 0.0126. The predicted octanol–water partition coefficient (Wildman–Crippen LogP) is 5.11. The molecule has 4 nitrogen and oxygen atoms in total. The number of carbonyl (C=O) groups is 1. The lowest BCUT2D eigenvalue weighted by atomic mass is 10.0. The van der Waals surface area contributed by atoms with Crippen molar-refractivity contribution in [3.05, 3.63) is 78.1 Å². The minimum atomic E-state index is -0.316. The van der Waals surface area contributed by atoms with E-state index < -0.39 is 0 Å².